The predicted octanol–water partition coefficient (Wildman–Crippen LogP) is 3.78. The Morgan fingerprint density at radius 3 is 2.80 bits per heavy atom. The van der Waals surface area contributed by atoms with Gasteiger partial charge in [0, 0.05) is 29.6 Å². The average molecular weight is 292 g/mol. The monoisotopic (exact) mass is 292 g/mol. The maximum absolute atomic E-state index is 5.86. The van der Waals surface area contributed by atoms with E-state index >= 15 is 0 Å². The largest absolute Gasteiger partial charge is 0.465 e. The van der Waals surface area contributed by atoms with Crippen LogP contribution in [-0.2, 0) is 19.6 Å². The zero-order valence-electron chi connectivity index (χ0n) is 12.8. The Morgan fingerprint density at radius 1 is 1.35 bits per heavy atom. The molecule has 0 radical (unpaired) electrons. The predicted molar refractivity (Wildman–Crippen MR) is 84.9 cm³/mol. The summed E-state index contributed by atoms with van der Waals surface area (Å²) in [5, 5.41) is 5.55. The highest BCUT2D eigenvalue weighted by atomic mass is 32.1. The average Bonchev–Trinajstić information content (AvgIpc) is 2.97. The number of nitrogens with zero attached hydrogens (tertiary/aromatic N) is 1. The van der Waals surface area contributed by atoms with E-state index in [9.17, 15) is 0 Å². The molecule has 0 bridgehead atoms. The standard InChI is InChI=1S/C16H24N2OS/c1-12(2)17-9-14-8-15(19-13(14)3)10-18(4)11-16-6-5-7-20-16/h5-8,12,17H,9-11H2,1-4H3. The fourth-order valence-electron chi connectivity index (χ4n) is 2.15. The van der Waals surface area contributed by atoms with Crippen LogP contribution in [0.1, 0.15) is 35.8 Å². The zero-order valence-corrected chi connectivity index (χ0v) is 13.6. The summed E-state index contributed by atoms with van der Waals surface area (Å²) in [4.78, 5) is 3.67. The molecule has 0 unspecified atom stereocenters. The molecule has 0 aromatic carbocycles. The summed E-state index contributed by atoms with van der Waals surface area (Å²) < 4.78 is 5.86. The van der Waals surface area contributed by atoms with Gasteiger partial charge in [0.25, 0.3) is 0 Å². The quantitative estimate of drug-likeness (QED) is 0.842. The molecule has 0 saturated heterocycles. The van der Waals surface area contributed by atoms with Crippen molar-refractivity contribution in [1.82, 2.24) is 10.2 Å². The van der Waals surface area contributed by atoms with Crippen molar-refractivity contribution in [2.75, 3.05) is 7.05 Å². The normalized spacial score (nSPS) is 11.7. The lowest BCUT2D eigenvalue weighted by atomic mass is 10.2. The van der Waals surface area contributed by atoms with Crippen LogP contribution in [0, 0.1) is 6.92 Å². The molecule has 0 amide bonds. The van der Waals surface area contributed by atoms with Crippen LogP contribution in [0.3, 0.4) is 0 Å². The number of nitrogens with one attached hydrogen (secondary N) is 1. The van der Waals surface area contributed by atoms with Crippen LogP contribution < -0.4 is 5.32 Å². The number of furan rings is 1. The van der Waals surface area contributed by atoms with Crippen LogP contribution in [0.5, 0.6) is 0 Å². The van der Waals surface area contributed by atoms with Crippen LogP contribution in [-0.4, -0.2) is 18.0 Å². The summed E-state index contributed by atoms with van der Waals surface area (Å²) >= 11 is 1.80. The summed E-state index contributed by atoms with van der Waals surface area (Å²) in [6.45, 7) is 9.05. The van der Waals surface area contributed by atoms with Crippen LogP contribution in [0.25, 0.3) is 0 Å². The Kier molecular flexibility index (Phi) is 5.40. The molecule has 20 heavy (non-hydrogen) atoms. The molecule has 0 saturated carbocycles. The molecular weight excluding hydrogens is 268 g/mol. The summed E-state index contributed by atoms with van der Waals surface area (Å²) in [7, 11) is 2.13. The minimum atomic E-state index is 0.495. The van der Waals surface area contributed by atoms with E-state index in [0.717, 1.165) is 31.2 Å². The van der Waals surface area contributed by atoms with Crippen molar-refractivity contribution in [2.24, 2.45) is 0 Å². The van der Waals surface area contributed by atoms with Crippen LogP contribution in [0.2, 0.25) is 0 Å². The smallest absolute Gasteiger partial charge is 0.118 e. The molecule has 2 rings (SSSR count). The topological polar surface area (TPSA) is 28.4 Å². The third-order valence-electron chi connectivity index (χ3n) is 3.20. The lowest BCUT2D eigenvalue weighted by Crippen LogP contribution is -2.21. The maximum atomic E-state index is 5.86. The molecule has 1 N–H and O–H groups in total. The summed E-state index contributed by atoms with van der Waals surface area (Å²) in [5.41, 5.74) is 1.26. The van der Waals surface area contributed by atoms with Gasteiger partial charge in [-0.15, -0.1) is 11.3 Å². The first-order valence-electron chi connectivity index (χ1n) is 7.07. The first-order chi connectivity index (χ1) is 9.54. The van der Waals surface area contributed by atoms with E-state index in [1.54, 1.807) is 11.3 Å². The lowest BCUT2D eigenvalue weighted by Gasteiger charge is -2.13. The molecule has 0 spiro atoms. The third kappa shape index (κ3) is 4.47. The SMILES string of the molecule is Cc1oc(CN(C)Cc2cccs2)cc1CNC(C)C. The van der Waals surface area contributed by atoms with Gasteiger partial charge in [0.15, 0.2) is 0 Å². The van der Waals surface area contributed by atoms with E-state index in [4.69, 9.17) is 4.42 Å². The van der Waals surface area contributed by atoms with E-state index in [-0.39, 0.29) is 0 Å². The molecule has 0 aliphatic heterocycles. The Labute approximate surface area is 125 Å². The van der Waals surface area contributed by atoms with Gasteiger partial charge in [0.05, 0.1) is 6.54 Å². The Hall–Kier alpha value is -1.10. The van der Waals surface area contributed by atoms with Crippen LogP contribution in [0.15, 0.2) is 28.0 Å². The minimum absolute atomic E-state index is 0.495. The van der Waals surface area contributed by atoms with E-state index in [2.05, 4.69) is 54.7 Å². The van der Waals surface area contributed by atoms with Gasteiger partial charge in [0.2, 0.25) is 0 Å². The minimum Gasteiger partial charge on any atom is -0.465 e. The number of hydrogen-bond acceptors (Lipinski definition) is 4. The Morgan fingerprint density at radius 2 is 2.15 bits per heavy atom. The van der Waals surface area contributed by atoms with Gasteiger partial charge >= 0.3 is 0 Å². The van der Waals surface area contributed by atoms with Gasteiger partial charge in [0.1, 0.15) is 11.5 Å². The van der Waals surface area contributed by atoms with Crippen molar-refractivity contribution in [1.29, 1.82) is 0 Å². The van der Waals surface area contributed by atoms with Crippen LogP contribution in [0.4, 0.5) is 0 Å². The van der Waals surface area contributed by atoms with Crippen molar-refractivity contribution in [3.63, 3.8) is 0 Å². The molecule has 2 heterocycles. The molecule has 0 aliphatic rings. The second-order valence-corrected chi connectivity index (χ2v) is 6.61. The van der Waals surface area contributed by atoms with E-state index in [1.807, 2.05) is 6.92 Å². The zero-order chi connectivity index (χ0) is 14.5. The van der Waals surface area contributed by atoms with Crippen molar-refractivity contribution in [3.05, 3.63) is 45.5 Å². The van der Waals surface area contributed by atoms with Gasteiger partial charge < -0.3 is 9.73 Å². The first-order valence-corrected chi connectivity index (χ1v) is 7.95. The molecule has 4 heteroatoms. The number of rotatable bonds is 7. The summed E-state index contributed by atoms with van der Waals surface area (Å²) in [5.74, 6) is 2.07. The fraction of sp³-hybridized carbons (Fsp3) is 0.500. The molecule has 2 aromatic heterocycles. The number of hydrogen-bond donors (Lipinski definition) is 1. The molecule has 0 fully saturated rings. The van der Waals surface area contributed by atoms with Crippen molar-refractivity contribution < 1.29 is 4.42 Å². The van der Waals surface area contributed by atoms with Gasteiger partial charge in [-0.1, -0.05) is 19.9 Å². The van der Waals surface area contributed by atoms with E-state index < -0.39 is 0 Å². The Bertz CT molecular complexity index is 517. The molecule has 2 aromatic rings. The Balaban J connectivity index is 1.90. The molecule has 0 atom stereocenters. The van der Waals surface area contributed by atoms with Gasteiger partial charge in [-0.2, -0.15) is 0 Å². The second kappa shape index (κ2) is 7.07. The van der Waals surface area contributed by atoms with Gasteiger partial charge in [-0.3, -0.25) is 4.90 Å². The van der Waals surface area contributed by atoms with E-state index in [0.29, 0.717) is 6.04 Å². The molecule has 3 nitrogen and oxygen atoms in total. The van der Waals surface area contributed by atoms with Gasteiger partial charge in [-0.05, 0) is 31.5 Å². The molecule has 110 valence electrons. The number of thiophene rings is 1. The fourth-order valence-corrected chi connectivity index (χ4v) is 2.93. The van der Waals surface area contributed by atoms with Gasteiger partial charge in [-0.25, -0.2) is 0 Å². The highest BCUT2D eigenvalue weighted by molar-refractivity contribution is 7.09. The second-order valence-electron chi connectivity index (χ2n) is 5.58. The summed E-state index contributed by atoms with van der Waals surface area (Å²) in [6, 6.07) is 6.94. The van der Waals surface area contributed by atoms with Crippen molar-refractivity contribution >= 4 is 11.3 Å². The highest BCUT2D eigenvalue weighted by Crippen LogP contribution is 2.18. The lowest BCUT2D eigenvalue weighted by molar-refractivity contribution is 0.287. The highest BCUT2D eigenvalue weighted by Gasteiger charge is 2.10. The molecule has 0 aliphatic carbocycles. The maximum Gasteiger partial charge on any atom is 0.118 e. The number of aryl methyl sites for hydroxylation is 1. The van der Waals surface area contributed by atoms with Crippen molar-refractivity contribution in [2.45, 2.75) is 46.4 Å². The van der Waals surface area contributed by atoms with E-state index in [1.165, 1.54) is 10.4 Å². The first kappa shape index (κ1) is 15.3. The third-order valence-corrected chi connectivity index (χ3v) is 4.07. The van der Waals surface area contributed by atoms with Crippen molar-refractivity contribution in [3.8, 4) is 0 Å². The van der Waals surface area contributed by atoms with Crippen LogP contribution >= 0.6 is 11.3 Å². The molecular formula is C16H24N2OS. The summed E-state index contributed by atoms with van der Waals surface area (Å²) in [6.07, 6.45) is 0.